The number of benzene rings is 1. The van der Waals surface area contributed by atoms with Crippen LogP contribution in [-0.2, 0) is 11.0 Å². The Bertz CT molecular complexity index is 598. The number of amides is 1. The molecule has 4 nitrogen and oxygen atoms in total. The van der Waals surface area contributed by atoms with Crippen LogP contribution in [0.5, 0.6) is 0 Å². The highest BCUT2D eigenvalue weighted by Crippen LogP contribution is 2.32. The van der Waals surface area contributed by atoms with Crippen LogP contribution in [-0.4, -0.2) is 18.0 Å². The normalized spacial score (nSPS) is 21.9. The molecular formula is C14H14F3N3O. The molecule has 1 aromatic rings. The molecule has 1 heterocycles. The quantitative estimate of drug-likeness (QED) is 0.882. The van der Waals surface area contributed by atoms with Crippen LogP contribution in [0.2, 0.25) is 0 Å². The van der Waals surface area contributed by atoms with Gasteiger partial charge in [0.05, 0.1) is 22.4 Å². The number of halogens is 3. The molecule has 0 spiro atoms. The number of nitriles is 1. The Morgan fingerprint density at radius 3 is 2.71 bits per heavy atom. The summed E-state index contributed by atoms with van der Waals surface area (Å²) >= 11 is 0. The minimum Gasteiger partial charge on any atom is -0.323 e. The molecule has 0 bridgehead atoms. The summed E-state index contributed by atoms with van der Waals surface area (Å²) in [6.45, 7) is 2.44. The molecule has 0 radical (unpaired) electrons. The summed E-state index contributed by atoms with van der Waals surface area (Å²) in [6.07, 6.45) is -3.03. The number of alkyl halides is 3. The average molecular weight is 297 g/mol. The van der Waals surface area contributed by atoms with E-state index < -0.39 is 17.3 Å². The van der Waals surface area contributed by atoms with Crippen molar-refractivity contribution in [2.24, 2.45) is 0 Å². The zero-order chi connectivity index (χ0) is 15.7. The first-order valence-electron chi connectivity index (χ1n) is 6.44. The number of anilines is 1. The summed E-state index contributed by atoms with van der Waals surface area (Å²) in [7, 11) is 0. The monoisotopic (exact) mass is 297 g/mol. The number of rotatable bonds is 2. The Balaban J connectivity index is 2.25. The van der Waals surface area contributed by atoms with Crippen molar-refractivity contribution in [2.75, 3.05) is 11.9 Å². The van der Waals surface area contributed by atoms with E-state index in [0.717, 1.165) is 24.6 Å². The summed E-state index contributed by atoms with van der Waals surface area (Å²) < 4.78 is 37.8. The predicted octanol–water partition coefficient (Wildman–Crippen LogP) is 2.66. The zero-order valence-electron chi connectivity index (χ0n) is 11.3. The summed E-state index contributed by atoms with van der Waals surface area (Å²) in [5.41, 5.74) is -1.79. The van der Waals surface area contributed by atoms with Crippen LogP contribution >= 0.6 is 0 Å². The van der Waals surface area contributed by atoms with E-state index in [2.05, 4.69) is 10.6 Å². The smallest absolute Gasteiger partial charge is 0.323 e. The van der Waals surface area contributed by atoms with Gasteiger partial charge in [-0.3, -0.25) is 4.79 Å². The van der Waals surface area contributed by atoms with Gasteiger partial charge in [0, 0.05) is 0 Å². The molecule has 0 aromatic heterocycles. The molecule has 1 saturated heterocycles. The molecule has 0 aliphatic carbocycles. The fourth-order valence-corrected chi connectivity index (χ4v) is 2.27. The van der Waals surface area contributed by atoms with Gasteiger partial charge in [0.2, 0.25) is 5.91 Å². The summed E-state index contributed by atoms with van der Waals surface area (Å²) in [6, 6.07) is 4.37. The fraction of sp³-hybridized carbons (Fsp3) is 0.429. The number of carbonyl (C=O) groups is 1. The molecule has 1 unspecified atom stereocenters. The third-order valence-corrected chi connectivity index (χ3v) is 3.59. The number of carbonyl (C=O) groups excluding carboxylic acids is 1. The van der Waals surface area contributed by atoms with Crippen LogP contribution in [0.25, 0.3) is 0 Å². The Labute approximate surface area is 119 Å². The van der Waals surface area contributed by atoms with E-state index in [1.54, 1.807) is 13.0 Å². The Hall–Kier alpha value is -2.07. The summed E-state index contributed by atoms with van der Waals surface area (Å²) in [4.78, 5) is 12.2. The van der Waals surface area contributed by atoms with Gasteiger partial charge in [-0.05, 0) is 44.5 Å². The lowest BCUT2D eigenvalue weighted by molar-refractivity contribution is -0.137. The fourth-order valence-electron chi connectivity index (χ4n) is 2.27. The van der Waals surface area contributed by atoms with Crippen molar-refractivity contribution < 1.29 is 18.0 Å². The van der Waals surface area contributed by atoms with E-state index in [-0.39, 0.29) is 17.2 Å². The van der Waals surface area contributed by atoms with Crippen molar-refractivity contribution in [3.8, 4) is 6.07 Å². The molecule has 7 heteroatoms. The first-order valence-corrected chi connectivity index (χ1v) is 6.44. The largest absolute Gasteiger partial charge is 0.416 e. The Morgan fingerprint density at radius 1 is 1.48 bits per heavy atom. The second-order valence-corrected chi connectivity index (χ2v) is 5.19. The average Bonchev–Trinajstić information content (AvgIpc) is 2.86. The second kappa shape index (κ2) is 5.37. The van der Waals surface area contributed by atoms with Gasteiger partial charge in [-0.2, -0.15) is 18.4 Å². The lowest BCUT2D eigenvalue weighted by Crippen LogP contribution is -2.48. The molecular weight excluding hydrogens is 283 g/mol. The van der Waals surface area contributed by atoms with Crippen molar-refractivity contribution in [1.29, 1.82) is 5.26 Å². The van der Waals surface area contributed by atoms with Crippen molar-refractivity contribution in [3.63, 3.8) is 0 Å². The van der Waals surface area contributed by atoms with E-state index >= 15 is 0 Å². The number of hydrogen-bond acceptors (Lipinski definition) is 3. The van der Waals surface area contributed by atoms with Gasteiger partial charge in [-0.15, -0.1) is 0 Å². The first kappa shape index (κ1) is 15.3. The van der Waals surface area contributed by atoms with Crippen molar-refractivity contribution >= 4 is 11.6 Å². The molecule has 1 aliphatic rings. The molecule has 2 N–H and O–H groups in total. The maximum atomic E-state index is 12.6. The molecule has 112 valence electrons. The molecule has 1 fully saturated rings. The second-order valence-electron chi connectivity index (χ2n) is 5.19. The summed E-state index contributed by atoms with van der Waals surface area (Å²) in [5, 5.41) is 14.5. The van der Waals surface area contributed by atoms with Gasteiger partial charge in [0.25, 0.3) is 0 Å². The van der Waals surface area contributed by atoms with Gasteiger partial charge in [-0.25, -0.2) is 0 Å². The molecule has 1 aliphatic heterocycles. The SMILES string of the molecule is CC1(C(=O)Nc2ccc(C(F)(F)F)cc2C#N)CCCN1. The molecule has 1 atom stereocenters. The lowest BCUT2D eigenvalue weighted by Gasteiger charge is -2.23. The van der Waals surface area contributed by atoms with Gasteiger partial charge in [-0.1, -0.05) is 0 Å². The summed E-state index contributed by atoms with van der Waals surface area (Å²) in [5.74, 6) is -0.351. The highest BCUT2D eigenvalue weighted by molar-refractivity contribution is 5.99. The third kappa shape index (κ3) is 3.16. The van der Waals surface area contributed by atoms with E-state index in [0.29, 0.717) is 13.0 Å². The number of nitrogens with zero attached hydrogens (tertiary/aromatic N) is 1. The maximum absolute atomic E-state index is 12.6. The Morgan fingerprint density at radius 2 is 2.19 bits per heavy atom. The highest BCUT2D eigenvalue weighted by atomic mass is 19.4. The molecule has 1 aromatic carbocycles. The van der Waals surface area contributed by atoms with Crippen LogP contribution in [0.3, 0.4) is 0 Å². The molecule has 1 amide bonds. The number of nitrogens with one attached hydrogen (secondary N) is 2. The van der Waals surface area contributed by atoms with Crippen LogP contribution in [0.15, 0.2) is 18.2 Å². The van der Waals surface area contributed by atoms with Crippen molar-refractivity contribution in [3.05, 3.63) is 29.3 Å². The third-order valence-electron chi connectivity index (χ3n) is 3.59. The van der Waals surface area contributed by atoms with E-state index in [1.165, 1.54) is 0 Å². The van der Waals surface area contributed by atoms with Crippen LogP contribution < -0.4 is 10.6 Å². The molecule has 21 heavy (non-hydrogen) atoms. The Kier molecular flexibility index (Phi) is 3.92. The van der Waals surface area contributed by atoms with E-state index in [9.17, 15) is 18.0 Å². The van der Waals surface area contributed by atoms with Gasteiger partial charge in [0.1, 0.15) is 6.07 Å². The minimum absolute atomic E-state index is 0.0884. The van der Waals surface area contributed by atoms with Gasteiger partial charge in [0.15, 0.2) is 0 Å². The molecule has 0 saturated carbocycles. The van der Waals surface area contributed by atoms with E-state index in [4.69, 9.17) is 5.26 Å². The van der Waals surface area contributed by atoms with Crippen LogP contribution in [0.4, 0.5) is 18.9 Å². The lowest BCUT2D eigenvalue weighted by atomic mass is 9.99. The predicted molar refractivity (Wildman–Crippen MR) is 70.4 cm³/mol. The van der Waals surface area contributed by atoms with E-state index in [1.807, 2.05) is 0 Å². The highest BCUT2D eigenvalue weighted by Gasteiger charge is 2.36. The topological polar surface area (TPSA) is 64.9 Å². The standard InChI is InChI=1S/C14H14F3N3O/c1-13(5-2-6-19-13)12(21)20-11-4-3-10(14(15,16)17)7-9(11)8-18/h3-4,7,19H,2,5-6H2,1H3,(H,20,21). The van der Waals surface area contributed by atoms with Crippen LogP contribution in [0.1, 0.15) is 30.9 Å². The molecule has 2 rings (SSSR count). The van der Waals surface area contributed by atoms with Crippen molar-refractivity contribution in [1.82, 2.24) is 5.32 Å². The minimum atomic E-state index is -4.52. The zero-order valence-corrected chi connectivity index (χ0v) is 11.3. The van der Waals surface area contributed by atoms with Gasteiger partial charge >= 0.3 is 6.18 Å². The first-order chi connectivity index (χ1) is 9.76. The van der Waals surface area contributed by atoms with Crippen LogP contribution in [0, 0.1) is 11.3 Å². The number of hydrogen-bond donors (Lipinski definition) is 2. The van der Waals surface area contributed by atoms with Gasteiger partial charge < -0.3 is 10.6 Å². The van der Waals surface area contributed by atoms with Crippen molar-refractivity contribution in [2.45, 2.75) is 31.5 Å². The maximum Gasteiger partial charge on any atom is 0.416 e.